The van der Waals surface area contributed by atoms with Crippen molar-refractivity contribution >= 4 is 28.6 Å². The molecule has 2 N–H and O–H groups in total. The van der Waals surface area contributed by atoms with Crippen molar-refractivity contribution in [2.24, 2.45) is 0 Å². The highest BCUT2D eigenvalue weighted by molar-refractivity contribution is 7.99. The summed E-state index contributed by atoms with van der Waals surface area (Å²) in [7, 11) is 3.18. The van der Waals surface area contributed by atoms with E-state index in [-0.39, 0.29) is 12.5 Å². The van der Waals surface area contributed by atoms with E-state index in [1.165, 1.54) is 17.4 Å². The topological polar surface area (TPSA) is 63.4 Å². The summed E-state index contributed by atoms with van der Waals surface area (Å²) in [6.07, 6.45) is 0. The van der Waals surface area contributed by atoms with Crippen molar-refractivity contribution in [1.29, 1.82) is 0 Å². The van der Waals surface area contributed by atoms with Gasteiger partial charge in [-0.05, 0) is 35.9 Å². The molecule has 1 aromatic heterocycles. The molecular weight excluding hydrogens is 348 g/mol. The van der Waals surface area contributed by atoms with Gasteiger partial charge in [0.05, 0.1) is 12.8 Å². The third-order valence-corrected chi connectivity index (χ3v) is 5.10. The fraction of sp³-hybridized carbons (Fsp3) is 0.250. The number of methoxy groups -OCH3 is 2. The second-order valence-electron chi connectivity index (χ2n) is 5.73. The van der Waals surface area contributed by atoms with Gasteiger partial charge in [-0.3, -0.25) is 4.79 Å². The van der Waals surface area contributed by atoms with Gasteiger partial charge in [-0.2, -0.15) is 0 Å². The molecule has 1 amide bonds. The van der Waals surface area contributed by atoms with Crippen LogP contribution in [0.15, 0.2) is 53.4 Å². The summed E-state index contributed by atoms with van der Waals surface area (Å²) in [5, 5.41) is 4.04. The van der Waals surface area contributed by atoms with E-state index in [0.29, 0.717) is 6.54 Å². The van der Waals surface area contributed by atoms with Crippen LogP contribution in [-0.2, 0) is 9.53 Å². The summed E-state index contributed by atoms with van der Waals surface area (Å²) in [6, 6.07) is 16.3. The second kappa shape index (κ2) is 8.78. The maximum atomic E-state index is 11.5. The molecule has 0 aliphatic carbocycles. The minimum Gasteiger partial charge on any atom is -0.497 e. The Morgan fingerprint density at radius 3 is 2.62 bits per heavy atom. The number of H-pyrrole nitrogens is 1. The minimum atomic E-state index is -0.0950. The monoisotopic (exact) mass is 370 g/mol. The lowest BCUT2D eigenvalue weighted by atomic mass is 10.1. The fourth-order valence-electron chi connectivity index (χ4n) is 2.75. The number of thioether (sulfide) groups is 1. The number of fused-ring (bicyclic) bond motifs is 1. The zero-order valence-electron chi connectivity index (χ0n) is 14.9. The van der Waals surface area contributed by atoms with E-state index in [1.54, 1.807) is 18.9 Å². The Morgan fingerprint density at radius 1 is 1.12 bits per heavy atom. The average Bonchev–Trinajstić information content (AvgIpc) is 3.04. The van der Waals surface area contributed by atoms with E-state index >= 15 is 0 Å². The quantitative estimate of drug-likeness (QED) is 0.469. The molecule has 0 radical (unpaired) electrons. The largest absolute Gasteiger partial charge is 0.497 e. The molecule has 0 spiro atoms. The first-order valence-electron chi connectivity index (χ1n) is 8.36. The maximum Gasteiger partial charge on any atom is 0.246 e. The van der Waals surface area contributed by atoms with Crippen LogP contribution in [0, 0.1) is 0 Å². The molecule has 0 atom stereocenters. The Hall–Kier alpha value is -2.44. The molecule has 0 fully saturated rings. The van der Waals surface area contributed by atoms with Crippen LogP contribution in [0.3, 0.4) is 0 Å². The van der Waals surface area contributed by atoms with Gasteiger partial charge in [0.1, 0.15) is 12.4 Å². The summed E-state index contributed by atoms with van der Waals surface area (Å²) in [4.78, 5) is 16.2. The van der Waals surface area contributed by atoms with Crippen molar-refractivity contribution in [3.05, 3.63) is 48.5 Å². The Labute approximate surface area is 157 Å². The van der Waals surface area contributed by atoms with Crippen molar-refractivity contribution in [2.45, 2.75) is 4.90 Å². The molecule has 0 saturated heterocycles. The molecule has 3 aromatic rings. The van der Waals surface area contributed by atoms with Crippen LogP contribution < -0.4 is 10.1 Å². The second-order valence-corrected chi connectivity index (χ2v) is 6.84. The van der Waals surface area contributed by atoms with Crippen LogP contribution in [0.2, 0.25) is 0 Å². The SMILES string of the molecule is COCC(=O)NCCSc1c(-c2ccc(OC)cc2)[nH]c2ccccc12. The Bertz CT molecular complexity index is 874. The number of para-hydroxylation sites is 1. The van der Waals surface area contributed by atoms with Crippen molar-refractivity contribution in [1.82, 2.24) is 10.3 Å². The van der Waals surface area contributed by atoms with Crippen LogP contribution >= 0.6 is 11.8 Å². The molecular formula is C20H22N2O3S. The number of benzene rings is 2. The lowest BCUT2D eigenvalue weighted by Crippen LogP contribution is -2.29. The fourth-order valence-corrected chi connectivity index (χ4v) is 3.81. The maximum absolute atomic E-state index is 11.5. The summed E-state index contributed by atoms with van der Waals surface area (Å²) in [5.41, 5.74) is 3.29. The van der Waals surface area contributed by atoms with Gasteiger partial charge in [0.15, 0.2) is 0 Å². The van der Waals surface area contributed by atoms with E-state index in [9.17, 15) is 4.79 Å². The van der Waals surface area contributed by atoms with Crippen LogP contribution in [0.25, 0.3) is 22.2 Å². The van der Waals surface area contributed by atoms with E-state index in [2.05, 4.69) is 22.4 Å². The molecule has 26 heavy (non-hydrogen) atoms. The van der Waals surface area contributed by atoms with Crippen LogP contribution in [-0.4, -0.2) is 44.0 Å². The highest BCUT2D eigenvalue weighted by Gasteiger charge is 2.13. The molecule has 1 heterocycles. The van der Waals surface area contributed by atoms with E-state index < -0.39 is 0 Å². The number of carbonyl (C=O) groups excluding carboxylic acids is 1. The zero-order chi connectivity index (χ0) is 18.4. The smallest absolute Gasteiger partial charge is 0.246 e. The van der Waals surface area contributed by atoms with E-state index in [0.717, 1.165) is 28.3 Å². The van der Waals surface area contributed by atoms with Crippen molar-refractivity contribution < 1.29 is 14.3 Å². The molecule has 136 valence electrons. The van der Waals surface area contributed by atoms with Crippen molar-refractivity contribution in [2.75, 3.05) is 33.1 Å². The normalized spacial score (nSPS) is 10.8. The third-order valence-electron chi connectivity index (χ3n) is 3.98. The zero-order valence-corrected chi connectivity index (χ0v) is 15.7. The third kappa shape index (κ3) is 4.20. The molecule has 6 heteroatoms. The van der Waals surface area contributed by atoms with Gasteiger partial charge in [-0.25, -0.2) is 0 Å². The minimum absolute atomic E-state index is 0.0921. The van der Waals surface area contributed by atoms with Crippen LogP contribution in [0.5, 0.6) is 5.75 Å². The Balaban J connectivity index is 1.81. The highest BCUT2D eigenvalue weighted by Crippen LogP contribution is 2.37. The first-order valence-corrected chi connectivity index (χ1v) is 9.35. The first kappa shape index (κ1) is 18.4. The lowest BCUT2D eigenvalue weighted by molar-refractivity contribution is -0.124. The molecule has 0 aliphatic rings. The molecule has 0 saturated carbocycles. The van der Waals surface area contributed by atoms with Crippen molar-refractivity contribution in [3.63, 3.8) is 0 Å². The summed E-state index contributed by atoms with van der Waals surface area (Å²) >= 11 is 1.73. The van der Waals surface area contributed by atoms with Gasteiger partial charge in [-0.1, -0.05) is 18.2 Å². The summed E-state index contributed by atoms with van der Waals surface area (Å²) in [5.74, 6) is 1.52. The van der Waals surface area contributed by atoms with E-state index in [1.807, 2.05) is 36.4 Å². The van der Waals surface area contributed by atoms with Crippen LogP contribution in [0.4, 0.5) is 0 Å². The number of nitrogens with one attached hydrogen (secondary N) is 2. The first-order chi connectivity index (χ1) is 12.7. The summed E-state index contributed by atoms with van der Waals surface area (Å²) < 4.78 is 10.1. The summed E-state index contributed by atoms with van der Waals surface area (Å²) in [6.45, 7) is 0.684. The molecule has 5 nitrogen and oxygen atoms in total. The van der Waals surface area contributed by atoms with Gasteiger partial charge in [0.2, 0.25) is 5.91 Å². The molecule has 0 unspecified atom stereocenters. The average molecular weight is 370 g/mol. The number of amides is 1. The van der Waals surface area contributed by atoms with E-state index in [4.69, 9.17) is 9.47 Å². The number of ether oxygens (including phenoxy) is 2. The molecule has 3 rings (SSSR count). The Morgan fingerprint density at radius 2 is 1.88 bits per heavy atom. The van der Waals surface area contributed by atoms with Gasteiger partial charge in [0, 0.05) is 35.2 Å². The van der Waals surface area contributed by atoms with Crippen molar-refractivity contribution in [3.8, 4) is 17.0 Å². The van der Waals surface area contributed by atoms with Gasteiger partial charge >= 0.3 is 0 Å². The number of aromatic nitrogens is 1. The van der Waals surface area contributed by atoms with Crippen LogP contribution in [0.1, 0.15) is 0 Å². The predicted octanol–water partition coefficient (Wildman–Crippen LogP) is 3.70. The Kier molecular flexibility index (Phi) is 6.20. The van der Waals surface area contributed by atoms with Gasteiger partial charge in [-0.15, -0.1) is 11.8 Å². The molecule has 0 bridgehead atoms. The number of hydrogen-bond donors (Lipinski definition) is 2. The standard InChI is InChI=1S/C20H22N2O3S/c1-24-13-18(23)21-11-12-26-20-16-5-3-4-6-17(16)22-19(20)14-7-9-15(25-2)10-8-14/h3-10,22H,11-13H2,1-2H3,(H,21,23). The molecule has 0 aliphatic heterocycles. The number of carbonyl (C=O) groups is 1. The number of rotatable bonds is 8. The predicted molar refractivity (Wildman–Crippen MR) is 106 cm³/mol. The number of hydrogen-bond acceptors (Lipinski definition) is 4. The lowest BCUT2D eigenvalue weighted by Gasteiger charge is -2.07. The highest BCUT2D eigenvalue weighted by atomic mass is 32.2. The van der Waals surface area contributed by atoms with Gasteiger partial charge in [0.25, 0.3) is 0 Å². The molecule has 2 aromatic carbocycles. The van der Waals surface area contributed by atoms with Gasteiger partial charge < -0.3 is 19.8 Å². The number of aromatic amines is 1.